The number of carbonyl (C=O) groups is 2. The molecule has 1 fully saturated rings. The Morgan fingerprint density at radius 2 is 1.43 bits per heavy atom. The van der Waals surface area contributed by atoms with E-state index in [1.807, 2.05) is 90.7 Å². The first-order valence-corrected chi connectivity index (χ1v) is 14.3. The lowest BCUT2D eigenvalue weighted by molar-refractivity contribution is 0.0671. The summed E-state index contributed by atoms with van der Waals surface area (Å²) in [6, 6.07) is 25.5. The fourth-order valence-corrected chi connectivity index (χ4v) is 5.38. The van der Waals surface area contributed by atoms with Crippen molar-refractivity contribution < 1.29 is 19.1 Å². The van der Waals surface area contributed by atoms with Crippen LogP contribution in [-0.4, -0.2) is 66.7 Å². The number of ether oxygens (including phenoxy) is 2. The van der Waals surface area contributed by atoms with Gasteiger partial charge in [0.15, 0.2) is 11.5 Å². The molecule has 1 N–H and O–H groups in total. The monoisotopic (exact) mass is 566 g/mol. The first-order chi connectivity index (χ1) is 20.3. The van der Waals surface area contributed by atoms with Crippen LogP contribution in [0.4, 0.5) is 10.5 Å². The van der Waals surface area contributed by atoms with E-state index in [1.165, 1.54) is 5.56 Å². The Morgan fingerprint density at radius 3 is 2.05 bits per heavy atom. The highest BCUT2D eigenvalue weighted by Gasteiger charge is 2.28. The highest BCUT2D eigenvalue weighted by molar-refractivity contribution is 5.98. The number of hydrogen-bond acceptors (Lipinski definition) is 4. The van der Waals surface area contributed by atoms with Gasteiger partial charge in [-0.05, 0) is 54.3 Å². The van der Waals surface area contributed by atoms with Gasteiger partial charge < -0.3 is 29.2 Å². The molecule has 5 rings (SSSR count). The van der Waals surface area contributed by atoms with Gasteiger partial charge >= 0.3 is 6.03 Å². The van der Waals surface area contributed by atoms with Crippen molar-refractivity contribution in [3.8, 4) is 28.4 Å². The number of urea groups is 1. The number of piperazine rings is 1. The minimum atomic E-state index is -0.151. The van der Waals surface area contributed by atoms with Crippen molar-refractivity contribution in [2.45, 2.75) is 26.7 Å². The summed E-state index contributed by atoms with van der Waals surface area (Å²) >= 11 is 0. The van der Waals surface area contributed by atoms with Crippen LogP contribution in [0.5, 0.6) is 11.5 Å². The van der Waals surface area contributed by atoms with Gasteiger partial charge in [0.05, 0.1) is 25.5 Å². The molecule has 1 aliphatic heterocycles. The van der Waals surface area contributed by atoms with Gasteiger partial charge in [-0.15, -0.1) is 0 Å². The third-order valence-electron chi connectivity index (χ3n) is 7.86. The number of nitrogens with zero attached hydrogens (tertiary/aromatic N) is 3. The van der Waals surface area contributed by atoms with Crippen LogP contribution in [0.1, 0.15) is 41.4 Å². The quantitative estimate of drug-likeness (QED) is 0.274. The molecule has 42 heavy (non-hydrogen) atoms. The maximum Gasteiger partial charge on any atom is 0.321 e. The Kier molecular flexibility index (Phi) is 8.52. The van der Waals surface area contributed by atoms with E-state index in [9.17, 15) is 9.59 Å². The second kappa shape index (κ2) is 12.4. The number of rotatable bonds is 7. The molecule has 218 valence electrons. The number of amides is 3. The van der Waals surface area contributed by atoms with Gasteiger partial charge in [-0.25, -0.2) is 4.79 Å². The Bertz CT molecular complexity index is 1550. The van der Waals surface area contributed by atoms with Gasteiger partial charge in [-0.3, -0.25) is 4.79 Å². The fraction of sp³-hybridized carbons (Fsp3) is 0.294. The second-order valence-electron chi connectivity index (χ2n) is 10.8. The lowest BCUT2D eigenvalue weighted by Crippen LogP contribution is -2.51. The van der Waals surface area contributed by atoms with Gasteiger partial charge in [0.1, 0.15) is 0 Å². The van der Waals surface area contributed by atoms with Crippen molar-refractivity contribution in [2.75, 3.05) is 45.7 Å². The third-order valence-corrected chi connectivity index (χ3v) is 7.86. The summed E-state index contributed by atoms with van der Waals surface area (Å²) in [6.07, 6.45) is 0. The summed E-state index contributed by atoms with van der Waals surface area (Å²) in [6.45, 7) is 8.09. The lowest BCUT2D eigenvalue weighted by atomic mass is 10.0. The number of nitrogens with one attached hydrogen (secondary N) is 1. The zero-order valence-corrected chi connectivity index (χ0v) is 24.9. The zero-order valence-electron chi connectivity index (χ0n) is 24.9. The van der Waals surface area contributed by atoms with E-state index >= 15 is 0 Å². The van der Waals surface area contributed by atoms with Crippen molar-refractivity contribution in [1.29, 1.82) is 0 Å². The smallest absolute Gasteiger partial charge is 0.321 e. The number of benzene rings is 3. The maximum atomic E-state index is 13.9. The fourth-order valence-electron chi connectivity index (χ4n) is 5.38. The predicted molar refractivity (Wildman–Crippen MR) is 166 cm³/mol. The normalized spacial score (nSPS) is 13.3. The number of methoxy groups -OCH3 is 2. The van der Waals surface area contributed by atoms with Crippen LogP contribution in [0, 0.1) is 6.92 Å². The summed E-state index contributed by atoms with van der Waals surface area (Å²) < 4.78 is 13.1. The average molecular weight is 567 g/mol. The zero-order chi connectivity index (χ0) is 29.8. The standard InChI is InChI=1S/C34H38N4O4/c1-23(2)25-11-13-27(14-12-25)35-34(40)37-19-17-36(18-20-37)33(39)29-22-30(26-9-7-6-8-10-26)38(24(29)3)28-15-16-31(41-4)32(21-28)42-5/h6-16,21-23H,17-20H2,1-5H3,(H,35,40). The Morgan fingerprint density at radius 1 is 0.786 bits per heavy atom. The van der Waals surface area contributed by atoms with E-state index in [0.717, 1.165) is 28.3 Å². The molecule has 1 saturated heterocycles. The van der Waals surface area contributed by atoms with Crippen LogP contribution < -0.4 is 14.8 Å². The van der Waals surface area contributed by atoms with Crippen LogP contribution in [0.25, 0.3) is 16.9 Å². The van der Waals surface area contributed by atoms with Gasteiger partial charge in [0.2, 0.25) is 0 Å². The summed E-state index contributed by atoms with van der Waals surface area (Å²) in [5.74, 6) is 1.63. The highest BCUT2D eigenvalue weighted by Crippen LogP contribution is 2.35. The predicted octanol–water partition coefficient (Wildman–Crippen LogP) is 6.58. The summed E-state index contributed by atoms with van der Waals surface area (Å²) in [7, 11) is 3.22. The molecular weight excluding hydrogens is 528 g/mol. The molecule has 2 heterocycles. The summed E-state index contributed by atoms with van der Waals surface area (Å²) in [5.41, 5.74) is 6.23. The first kappa shape index (κ1) is 28.8. The maximum absolute atomic E-state index is 13.9. The molecule has 0 aliphatic carbocycles. The molecule has 0 bridgehead atoms. The molecule has 1 aromatic heterocycles. The molecule has 0 saturated carbocycles. The SMILES string of the molecule is COc1ccc(-n2c(-c3ccccc3)cc(C(=O)N3CCN(C(=O)Nc4ccc(C(C)C)cc4)CC3)c2C)cc1OC. The molecule has 0 spiro atoms. The molecule has 0 atom stereocenters. The van der Waals surface area contributed by atoms with E-state index in [0.29, 0.717) is 49.2 Å². The molecule has 8 heteroatoms. The van der Waals surface area contributed by atoms with E-state index < -0.39 is 0 Å². The minimum absolute atomic E-state index is 0.0479. The molecular formula is C34H38N4O4. The number of carbonyl (C=O) groups excluding carboxylic acids is 2. The second-order valence-corrected chi connectivity index (χ2v) is 10.8. The van der Waals surface area contributed by atoms with Gasteiger partial charge in [0.25, 0.3) is 5.91 Å². The Labute approximate surface area is 247 Å². The van der Waals surface area contributed by atoms with Crippen LogP contribution in [0.15, 0.2) is 78.9 Å². The Balaban J connectivity index is 1.35. The summed E-state index contributed by atoms with van der Waals surface area (Å²) in [5, 5.41) is 2.99. The van der Waals surface area contributed by atoms with Gasteiger partial charge in [-0.1, -0.05) is 56.3 Å². The lowest BCUT2D eigenvalue weighted by Gasteiger charge is -2.34. The molecule has 8 nitrogen and oxygen atoms in total. The Hall–Kier alpha value is -4.72. The first-order valence-electron chi connectivity index (χ1n) is 14.3. The van der Waals surface area contributed by atoms with Crippen molar-refractivity contribution in [2.24, 2.45) is 0 Å². The molecule has 1 aliphatic rings. The van der Waals surface area contributed by atoms with E-state index in [4.69, 9.17) is 9.47 Å². The number of hydrogen-bond donors (Lipinski definition) is 1. The van der Waals surface area contributed by atoms with Crippen molar-refractivity contribution >= 4 is 17.6 Å². The van der Waals surface area contributed by atoms with Crippen LogP contribution >= 0.6 is 0 Å². The number of aromatic nitrogens is 1. The molecule has 0 radical (unpaired) electrons. The van der Waals surface area contributed by atoms with E-state index in [-0.39, 0.29) is 11.9 Å². The number of anilines is 1. The van der Waals surface area contributed by atoms with Crippen LogP contribution in [0.3, 0.4) is 0 Å². The van der Waals surface area contributed by atoms with Crippen molar-refractivity contribution in [3.05, 3.63) is 95.7 Å². The molecule has 0 unspecified atom stereocenters. The summed E-state index contributed by atoms with van der Waals surface area (Å²) in [4.78, 5) is 30.4. The van der Waals surface area contributed by atoms with Crippen molar-refractivity contribution in [3.63, 3.8) is 0 Å². The van der Waals surface area contributed by atoms with E-state index in [2.05, 4.69) is 23.7 Å². The van der Waals surface area contributed by atoms with Gasteiger partial charge in [0, 0.05) is 49.3 Å². The van der Waals surface area contributed by atoms with Crippen LogP contribution in [-0.2, 0) is 0 Å². The average Bonchev–Trinajstić information content (AvgIpc) is 3.37. The third kappa shape index (κ3) is 5.84. The topological polar surface area (TPSA) is 76.0 Å². The molecule has 3 aromatic carbocycles. The molecule has 3 amide bonds. The van der Waals surface area contributed by atoms with E-state index in [1.54, 1.807) is 19.1 Å². The largest absolute Gasteiger partial charge is 0.493 e. The molecule has 4 aromatic rings. The van der Waals surface area contributed by atoms with Gasteiger partial charge in [-0.2, -0.15) is 0 Å². The highest BCUT2D eigenvalue weighted by atomic mass is 16.5. The minimum Gasteiger partial charge on any atom is -0.493 e. The van der Waals surface area contributed by atoms with Crippen molar-refractivity contribution in [1.82, 2.24) is 14.4 Å². The van der Waals surface area contributed by atoms with Crippen LogP contribution in [0.2, 0.25) is 0 Å².